The molecule has 1 aliphatic heterocycles. The quantitative estimate of drug-likeness (QED) is 0.874. The first-order valence-corrected chi connectivity index (χ1v) is 7.27. The molecule has 2 aromatic rings. The number of carbonyl (C=O) groups excluding carboxylic acids is 1. The molecule has 1 aromatic carbocycles. The fourth-order valence-electron chi connectivity index (χ4n) is 2.80. The molecule has 1 aliphatic rings. The summed E-state index contributed by atoms with van der Waals surface area (Å²) in [5.74, 6) is -0.150. The summed E-state index contributed by atoms with van der Waals surface area (Å²) in [6, 6.07) is 7.60. The number of aliphatic hydroxyl groups is 1. The standard InChI is InChI=1S/C16H19NO4/c1-2-20-16(19)15-13(10-17-8-7-11(18)9-17)12-5-3-4-6-14(12)21-15/h3-6,11,18H,2,7-10H2,1H3/t11-/m0/s1. The van der Waals surface area contributed by atoms with E-state index in [-0.39, 0.29) is 11.9 Å². The van der Waals surface area contributed by atoms with Crippen molar-refractivity contribution in [3.63, 3.8) is 0 Å². The monoisotopic (exact) mass is 289 g/mol. The average molecular weight is 289 g/mol. The van der Waals surface area contributed by atoms with E-state index in [2.05, 4.69) is 4.90 Å². The second-order valence-electron chi connectivity index (χ2n) is 5.30. The molecule has 1 saturated heterocycles. The van der Waals surface area contributed by atoms with Crippen molar-refractivity contribution in [2.45, 2.75) is 26.0 Å². The molecule has 5 heteroatoms. The number of esters is 1. The lowest BCUT2D eigenvalue weighted by atomic mass is 10.1. The minimum absolute atomic E-state index is 0.277. The maximum atomic E-state index is 12.1. The zero-order valence-corrected chi connectivity index (χ0v) is 12.0. The molecule has 1 fully saturated rings. The third-order valence-electron chi connectivity index (χ3n) is 3.79. The van der Waals surface area contributed by atoms with E-state index in [1.165, 1.54) is 0 Å². The van der Waals surface area contributed by atoms with E-state index < -0.39 is 5.97 Å². The van der Waals surface area contributed by atoms with Gasteiger partial charge in [-0.3, -0.25) is 4.90 Å². The van der Waals surface area contributed by atoms with Gasteiger partial charge >= 0.3 is 5.97 Å². The van der Waals surface area contributed by atoms with Crippen LogP contribution in [0, 0.1) is 0 Å². The van der Waals surface area contributed by atoms with E-state index in [0.29, 0.717) is 25.3 Å². The number of hydrogen-bond acceptors (Lipinski definition) is 5. The number of hydrogen-bond donors (Lipinski definition) is 1. The topological polar surface area (TPSA) is 62.9 Å². The van der Waals surface area contributed by atoms with Crippen LogP contribution in [0.3, 0.4) is 0 Å². The van der Waals surface area contributed by atoms with Gasteiger partial charge in [-0.15, -0.1) is 0 Å². The van der Waals surface area contributed by atoms with E-state index in [1.807, 2.05) is 24.3 Å². The Labute approximate surface area is 123 Å². The van der Waals surface area contributed by atoms with E-state index in [4.69, 9.17) is 9.15 Å². The summed E-state index contributed by atoms with van der Waals surface area (Å²) in [4.78, 5) is 14.2. The Balaban J connectivity index is 1.97. The molecule has 3 rings (SSSR count). The molecular weight excluding hydrogens is 270 g/mol. The first-order valence-electron chi connectivity index (χ1n) is 7.27. The molecule has 0 radical (unpaired) electrons. The first kappa shape index (κ1) is 14.1. The maximum Gasteiger partial charge on any atom is 0.374 e. The van der Waals surface area contributed by atoms with Crippen molar-refractivity contribution >= 4 is 16.9 Å². The second-order valence-corrected chi connectivity index (χ2v) is 5.30. The highest BCUT2D eigenvalue weighted by Crippen LogP contribution is 2.28. The molecule has 0 unspecified atom stereocenters. The number of rotatable bonds is 4. The highest BCUT2D eigenvalue weighted by atomic mass is 16.5. The van der Waals surface area contributed by atoms with Gasteiger partial charge in [-0.2, -0.15) is 0 Å². The normalized spacial score (nSPS) is 19.2. The van der Waals surface area contributed by atoms with Crippen molar-refractivity contribution < 1.29 is 19.1 Å². The van der Waals surface area contributed by atoms with Gasteiger partial charge in [0, 0.05) is 30.6 Å². The fraction of sp³-hybridized carbons (Fsp3) is 0.438. The summed E-state index contributed by atoms with van der Waals surface area (Å²) in [7, 11) is 0. The number of β-amino-alcohol motifs (C(OH)–C–C–N with tert-alkyl or cyclic N) is 1. The van der Waals surface area contributed by atoms with Gasteiger partial charge in [0.2, 0.25) is 5.76 Å². The summed E-state index contributed by atoms with van der Waals surface area (Å²) in [6.45, 7) is 4.13. The molecule has 0 aliphatic carbocycles. The Hall–Kier alpha value is -1.85. The zero-order chi connectivity index (χ0) is 14.8. The minimum Gasteiger partial charge on any atom is -0.460 e. The maximum absolute atomic E-state index is 12.1. The first-order chi connectivity index (χ1) is 10.2. The molecule has 1 N–H and O–H groups in total. The number of ether oxygens (including phenoxy) is 1. The van der Waals surface area contributed by atoms with Crippen molar-refractivity contribution in [2.75, 3.05) is 19.7 Å². The molecule has 1 aromatic heterocycles. The van der Waals surface area contributed by atoms with Gasteiger partial charge in [-0.1, -0.05) is 18.2 Å². The van der Waals surface area contributed by atoms with Gasteiger partial charge < -0.3 is 14.3 Å². The van der Waals surface area contributed by atoms with Gasteiger partial charge in [0.15, 0.2) is 0 Å². The van der Waals surface area contributed by atoms with Crippen LogP contribution in [0.5, 0.6) is 0 Å². The van der Waals surface area contributed by atoms with Gasteiger partial charge in [0.05, 0.1) is 12.7 Å². The predicted octanol–water partition coefficient (Wildman–Crippen LogP) is 2.18. The number of benzene rings is 1. The van der Waals surface area contributed by atoms with Crippen molar-refractivity contribution in [1.82, 2.24) is 4.90 Å². The molecule has 0 amide bonds. The van der Waals surface area contributed by atoms with Gasteiger partial charge in [0.1, 0.15) is 5.58 Å². The highest BCUT2D eigenvalue weighted by molar-refractivity contribution is 5.96. The van der Waals surface area contributed by atoms with Crippen molar-refractivity contribution in [3.05, 3.63) is 35.6 Å². The predicted molar refractivity (Wildman–Crippen MR) is 78.1 cm³/mol. The van der Waals surface area contributed by atoms with Gasteiger partial charge in [-0.05, 0) is 19.4 Å². The van der Waals surface area contributed by atoms with Crippen molar-refractivity contribution in [1.29, 1.82) is 0 Å². The van der Waals surface area contributed by atoms with Crippen molar-refractivity contribution in [3.8, 4) is 0 Å². The molecule has 21 heavy (non-hydrogen) atoms. The molecule has 2 heterocycles. The second kappa shape index (κ2) is 5.87. The lowest BCUT2D eigenvalue weighted by Gasteiger charge is -2.14. The van der Waals surface area contributed by atoms with E-state index in [1.54, 1.807) is 6.92 Å². The van der Waals surface area contributed by atoms with Crippen LogP contribution in [0.15, 0.2) is 28.7 Å². The largest absolute Gasteiger partial charge is 0.460 e. The van der Waals surface area contributed by atoms with E-state index in [9.17, 15) is 9.90 Å². The average Bonchev–Trinajstić information content (AvgIpc) is 3.04. The Bertz CT molecular complexity index is 649. The third-order valence-corrected chi connectivity index (χ3v) is 3.79. The number of fused-ring (bicyclic) bond motifs is 1. The number of para-hydroxylation sites is 1. The number of nitrogens with zero attached hydrogens (tertiary/aromatic N) is 1. The molecule has 0 saturated carbocycles. The van der Waals surface area contributed by atoms with Crippen LogP contribution in [0.4, 0.5) is 0 Å². The number of carbonyl (C=O) groups is 1. The molecule has 1 atom stereocenters. The Morgan fingerprint density at radius 2 is 2.29 bits per heavy atom. The number of likely N-dealkylation sites (tertiary alicyclic amines) is 1. The Kier molecular flexibility index (Phi) is 3.94. The Morgan fingerprint density at radius 3 is 3.00 bits per heavy atom. The van der Waals surface area contributed by atoms with Gasteiger partial charge in [0.25, 0.3) is 0 Å². The van der Waals surface area contributed by atoms with E-state index >= 15 is 0 Å². The number of furan rings is 1. The SMILES string of the molecule is CCOC(=O)c1oc2ccccc2c1CN1CC[C@H](O)C1. The smallest absolute Gasteiger partial charge is 0.374 e. The summed E-state index contributed by atoms with van der Waals surface area (Å²) in [6.07, 6.45) is 0.485. The lowest BCUT2D eigenvalue weighted by Crippen LogP contribution is -2.22. The lowest BCUT2D eigenvalue weighted by molar-refractivity contribution is 0.0489. The van der Waals surface area contributed by atoms with Gasteiger partial charge in [-0.25, -0.2) is 4.79 Å². The van der Waals surface area contributed by atoms with Crippen LogP contribution in [0.1, 0.15) is 29.5 Å². The summed E-state index contributed by atoms with van der Waals surface area (Å²) < 4.78 is 10.8. The molecule has 0 bridgehead atoms. The molecular formula is C16H19NO4. The molecule has 0 spiro atoms. The van der Waals surface area contributed by atoms with Crippen LogP contribution in [-0.4, -0.2) is 41.8 Å². The van der Waals surface area contributed by atoms with Crippen molar-refractivity contribution in [2.24, 2.45) is 0 Å². The fourth-order valence-corrected chi connectivity index (χ4v) is 2.80. The van der Waals surface area contributed by atoms with Crippen LogP contribution in [0.25, 0.3) is 11.0 Å². The summed E-state index contributed by atoms with van der Waals surface area (Å²) in [5.41, 5.74) is 1.54. The third kappa shape index (κ3) is 2.80. The Morgan fingerprint density at radius 1 is 1.48 bits per heavy atom. The van der Waals surface area contributed by atoms with E-state index in [0.717, 1.165) is 23.9 Å². The molecule has 112 valence electrons. The summed E-state index contributed by atoms with van der Waals surface area (Å²) in [5, 5.41) is 10.6. The molecule has 5 nitrogen and oxygen atoms in total. The number of aliphatic hydroxyl groups excluding tert-OH is 1. The minimum atomic E-state index is -0.427. The zero-order valence-electron chi connectivity index (χ0n) is 12.0. The van der Waals surface area contributed by atoms with Crippen LogP contribution in [0.2, 0.25) is 0 Å². The van der Waals surface area contributed by atoms with Crippen LogP contribution < -0.4 is 0 Å². The summed E-state index contributed by atoms with van der Waals surface area (Å²) >= 11 is 0. The highest BCUT2D eigenvalue weighted by Gasteiger charge is 2.26. The van der Waals surface area contributed by atoms with Crippen LogP contribution in [-0.2, 0) is 11.3 Å². The van der Waals surface area contributed by atoms with Crippen LogP contribution >= 0.6 is 0 Å².